The first-order chi connectivity index (χ1) is 15.4. The number of nitrogens with zero attached hydrogens (tertiary/aromatic N) is 3. The summed E-state index contributed by atoms with van der Waals surface area (Å²) in [5.74, 6) is 0.453. The van der Waals surface area contributed by atoms with Gasteiger partial charge in [-0.15, -0.1) is 0 Å². The monoisotopic (exact) mass is 448 g/mol. The van der Waals surface area contributed by atoms with Gasteiger partial charge in [0, 0.05) is 6.07 Å². The maximum Gasteiger partial charge on any atom is 0.339 e. The molecule has 0 fully saturated rings. The number of hydrogen-bond donors (Lipinski definition) is 1. The number of hydrazone groups is 1. The molecule has 0 unspecified atom stereocenters. The SMILES string of the molecule is O=[N+]([O-])c1ccc(NN=Cc2cccc(OS(=O)(=O)c3ccc4ccccc4c3)c2)nc1. The maximum atomic E-state index is 12.7. The number of pyridine rings is 1. The van der Waals surface area contributed by atoms with Crippen molar-refractivity contribution in [2.75, 3.05) is 5.43 Å². The van der Waals surface area contributed by atoms with Gasteiger partial charge in [-0.05, 0) is 46.7 Å². The van der Waals surface area contributed by atoms with Gasteiger partial charge in [0.2, 0.25) is 0 Å². The normalized spacial score (nSPS) is 11.5. The number of hydrogen-bond acceptors (Lipinski definition) is 8. The van der Waals surface area contributed by atoms with Crippen LogP contribution in [0.25, 0.3) is 10.8 Å². The number of anilines is 1. The van der Waals surface area contributed by atoms with E-state index in [1.807, 2.05) is 24.3 Å². The van der Waals surface area contributed by atoms with E-state index in [-0.39, 0.29) is 16.3 Å². The van der Waals surface area contributed by atoms with Crippen molar-refractivity contribution in [3.8, 4) is 5.75 Å². The Labute approximate surface area is 183 Å². The molecule has 0 aliphatic rings. The van der Waals surface area contributed by atoms with Crippen LogP contribution >= 0.6 is 0 Å². The van der Waals surface area contributed by atoms with Gasteiger partial charge in [-0.3, -0.25) is 15.5 Å². The number of fused-ring (bicyclic) bond motifs is 1. The van der Waals surface area contributed by atoms with Crippen molar-refractivity contribution < 1.29 is 17.5 Å². The minimum atomic E-state index is -4.02. The third kappa shape index (κ3) is 4.87. The second-order valence-electron chi connectivity index (χ2n) is 6.65. The van der Waals surface area contributed by atoms with Gasteiger partial charge in [0.15, 0.2) is 0 Å². The van der Waals surface area contributed by atoms with E-state index >= 15 is 0 Å². The molecule has 1 N–H and O–H groups in total. The predicted octanol–water partition coefficient (Wildman–Crippen LogP) is 4.36. The Morgan fingerprint density at radius 2 is 1.78 bits per heavy atom. The first-order valence-electron chi connectivity index (χ1n) is 9.34. The van der Waals surface area contributed by atoms with Gasteiger partial charge in [0.1, 0.15) is 22.7 Å². The van der Waals surface area contributed by atoms with Gasteiger partial charge >= 0.3 is 10.1 Å². The molecule has 0 aliphatic carbocycles. The second kappa shape index (κ2) is 8.82. The maximum absolute atomic E-state index is 12.7. The van der Waals surface area contributed by atoms with E-state index in [1.54, 1.807) is 24.3 Å². The number of aromatic nitrogens is 1. The first kappa shape index (κ1) is 20.9. The molecule has 9 nitrogen and oxygen atoms in total. The molecule has 0 saturated heterocycles. The predicted molar refractivity (Wildman–Crippen MR) is 120 cm³/mol. The van der Waals surface area contributed by atoms with Crippen molar-refractivity contribution in [3.05, 3.63) is 101 Å². The lowest BCUT2D eigenvalue weighted by Crippen LogP contribution is -2.09. The quantitative estimate of drug-likeness (QED) is 0.193. The summed E-state index contributed by atoms with van der Waals surface area (Å²) < 4.78 is 30.7. The van der Waals surface area contributed by atoms with Gasteiger partial charge in [-0.2, -0.15) is 13.5 Å². The van der Waals surface area contributed by atoms with Crippen molar-refractivity contribution in [1.29, 1.82) is 0 Å². The van der Waals surface area contributed by atoms with Crippen molar-refractivity contribution >= 4 is 38.6 Å². The Balaban J connectivity index is 1.47. The van der Waals surface area contributed by atoms with Crippen LogP contribution in [0.2, 0.25) is 0 Å². The van der Waals surface area contributed by atoms with E-state index < -0.39 is 15.0 Å². The lowest BCUT2D eigenvalue weighted by molar-refractivity contribution is -0.385. The molecule has 1 aromatic heterocycles. The topological polar surface area (TPSA) is 124 Å². The molecule has 0 saturated carbocycles. The molecule has 0 spiro atoms. The number of benzene rings is 3. The largest absolute Gasteiger partial charge is 0.379 e. The van der Waals surface area contributed by atoms with Crippen molar-refractivity contribution in [2.24, 2.45) is 5.10 Å². The van der Waals surface area contributed by atoms with Gasteiger partial charge in [-0.25, -0.2) is 4.98 Å². The zero-order valence-corrected chi connectivity index (χ0v) is 17.3. The summed E-state index contributed by atoms with van der Waals surface area (Å²) in [4.78, 5) is 14.0. The Morgan fingerprint density at radius 3 is 2.53 bits per heavy atom. The molecule has 0 aliphatic heterocycles. The second-order valence-corrected chi connectivity index (χ2v) is 8.19. The minimum absolute atomic E-state index is 0.0567. The summed E-state index contributed by atoms with van der Waals surface area (Å²) in [5, 5.41) is 16.4. The van der Waals surface area contributed by atoms with E-state index in [4.69, 9.17) is 4.18 Å². The third-order valence-electron chi connectivity index (χ3n) is 4.43. The van der Waals surface area contributed by atoms with E-state index in [9.17, 15) is 18.5 Å². The number of rotatable bonds is 7. The molecule has 0 radical (unpaired) electrons. The molecule has 0 amide bonds. The zero-order chi connectivity index (χ0) is 22.6. The fourth-order valence-corrected chi connectivity index (χ4v) is 3.84. The Bertz CT molecular complexity index is 1420. The average molecular weight is 448 g/mol. The summed E-state index contributed by atoms with van der Waals surface area (Å²) in [6.45, 7) is 0. The van der Waals surface area contributed by atoms with Crippen LogP contribution in [0.1, 0.15) is 5.56 Å². The molecule has 10 heteroatoms. The van der Waals surface area contributed by atoms with E-state index in [2.05, 4.69) is 15.5 Å². The summed E-state index contributed by atoms with van der Waals surface area (Å²) in [6.07, 6.45) is 2.56. The van der Waals surface area contributed by atoms with Gasteiger partial charge in [-0.1, -0.05) is 42.5 Å². The summed E-state index contributed by atoms with van der Waals surface area (Å²) in [6, 6.07) is 21.4. The van der Waals surface area contributed by atoms with Gasteiger partial charge in [0.25, 0.3) is 5.69 Å². The highest BCUT2D eigenvalue weighted by molar-refractivity contribution is 7.87. The molecule has 0 atom stereocenters. The van der Waals surface area contributed by atoms with Crippen LogP contribution in [0, 0.1) is 10.1 Å². The standard InChI is InChI=1S/C22H16N4O5S/c27-26(28)19-9-11-22(23-15-19)25-24-14-16-4-3-7-20(12-16)31-32(29,30)21-10-8-17-5-1-2-6-18(17)13-21/h1-15H,(H,23,25). The van der Waals surface area contributed by atoms with Crippen LogP contribution in [-0.2, 0) is 10.1 Å². The smallest absolute Gasteiger partial charge is 0.339 e. The molecule has 0 bridgehead atoms. The van der Waals surface area contributed by atoms with Crippen LogP contribution in [0.5, 0.6) is 5.75 Å². The van der Waals surface area contributed by atoms with E-state index in [1.165, 1.54) is 36.5 Å². The highest BCUT2D eigenvalue weighted by atomic mass is 32.2. The van der Waals surface area contributed by atoms with Crippen molar-refractivity contribution in [1.82, 2.24) is 4.98 Å². The highest BCUT2D eigenvalue weighted by Crippen LogP contribution is 2.23. The molecule has 4 aromatic rings. The van der Waals surface area contributed by atoms with E-state index in [0.717, 1.165) is 17.0 Å². The molecular formula is C22H16N4O5S. The van der Waals surface area contributed by atoms with Crippen LogP contribution in [0.4, 0.5) is 11.5 Å². The van der Waals surface area contributed by atoms with Crippen LogP contribution < -0.4 is 9.61 Å². The van der Waals surface area contributed by atoms with Crippen molar-refractivity contribution in [2.45, 2.75) is 4.90 Å². The fourth-order valence-electron chi connectivity index (χ4n) is 2.88. The fraction of sp³-hybridized carbons (Fsp3) is 0. The zero-order valence-electron chi connectivity index (χ0n) is 16.5. The minimum Gasteiger partial charge on any atom is -0.379 e. The van der Waals surface area contributed by atoms with E-state index in [0.29, 0.717) is 11.4 Å². The lowest BCUT2D eigenvalue weighted by atomic mass is 10.1. The lowest BCUT2D eigenvalue weighted by Gasteiger charge is -2.08. The first-order valence-corrected chi connectivity index (χ1v) is 10.7. The molecule has 3 aromatic carbocycles. The molecule has 1 heterocycles. The molecule has 32 heavy (non-hydrogen) atoms. The number of nitrogens with one attached hydrogen (secondary N) is 1. The Kier molecular flexibility index (Phi) is 5.77. The molecule has 4 rings (SSSR count). The summed E-state index contributed by atoms with van der Waals surface area (Å²) >= 11 is 0. The van der Waals surface area contributed by atoms with Gasteiger partial charge in [0.05, 0.1) is 11.1 Å². The molecule has 160 valence electrons. The van der Waals surface area contributed by atoms with Crippen LogP contribution in [0.15, 0.2) is 95.1 Å². The van der Waals surface area contributed by atoms with Crippen molar-refractivity contribution in [3.63, 3.8) is 0 Å². The number of nitro groups is 1. The third-order valence-corrected chi connectivity index (χ3v) is 5.67. The molecular weight excluding hydrogens is 432 g/mol. The van der Waals surface area contributed by atoms with Crippen LogP contribution in [0.3, 0.4) is 0 Å². The Morgan fingerprint density at radius 1 is 0.969 bits per heavy atom. The van der Waals surface area contributed by atoms with Gasteiger partial charge < -0.3 is 4.18 Å². The highest BCUT2D eigenvalue weighted by Gasteiger charge is 2.17. The van der Waals surface area contributed by atoms with Crippen LogP contribution in [-0.4, -0.2) is 24.5 Å². The summed E-state index contributed by atoms with van der Waals surface area (Å²) in [7, 11) is -4.02. The Hall–Kier alpha value is -4.31. The average Bonchev–Trinajstić information content (AvgIpc) is 2.79. The summed E-state index contributed by atoms with van der Waals surface area (Å²) in [5.41, 5.74) is 3.09.